The molecule has 0 aliphatic carbocycles. The van der Waals surface area contributed by atoms with Gasteiger partial charge in [-0.05, 0) is 0 Å². The number of anilines is 1. The molecular weight excluding hydrogens is 218 g/mol. The monoisotopic (exact) mass is 227 g/mol. The van der Waals surface area contributed by atoms with Crippen molar-refractivity contribution in [2.45, 2.75) is 0 Å². The Bertz CT molecular complexity index is 442. The fraction of sp³-hybridized carbons (Fsp3) is 0.111. The summed E-state index contributed by atoms with van der Waals surface area (Å²) in [5.74, 6) is -3.84. The van der Waals surface area contributed by atoms with Crippen LogP contribution in [0.4, 0.5) is 5.69 Å². The maximum atomic E-state index is 11.1. The van der Waals surface area contributed by atoms with Crippen molar-refractivity contribution in [3.63, 3.8) is 0 Å². The van der Waals surface area contributed by atoms with E-state index in [2.05, 4.69) is 4.74 Å². The van der Waals surface area contributed by atoms with Crippen LogP contribution in [-0.4, -0.2) is 34.3 Å². The standard InChI is InChI=1S/C9H9NO6/c1-16-9(15)8(14)10-4-2-6(12)7(13)3-5(4)11/h2-3,11-13H,1H3,(H,10,14). The Labute approximate surface area is 89.9 Å². The molecule has 0 spiro atoms. The molecule has 1 amide bonds. The number of benzene rings is 1. The Kier molecular flexibility index (Phi) is 3.19. The first kappa shape index (κ1) is 11.6. The predicted molar refractivity (Wildman–Crippen MR) is 52.1 cm³/mol. The number of carbonyl (C=O) groups is 2. The molecule has 4 N–H and O–H groups in total. The number of rotatable bonds is 1. The third-order valence-electron chi connectivity index (χ3n) is 1.71. The summed E-state index contributed by atoms with van der Waals surface area (Å²) >= 11 is 0. The van der Waals surface area contributed by atoms with Crippen LogP contribution in [0.3, 0.4) is 0 Å². The third-order valence-corrected chi connectivity index (χ3v) is 1.71. The lowest BCUT2D eigenvalue weighted by Gasteiger charge is -2.07. The minimum Gasteiger partial charge on any atom is -0.506 e. The number of hydrogen-bond donors (Lipinski definition) is 4. The van der Waals surface area contributed by atoms with E-state index >= 15 is 0 Å². The van der Waals surface area contributed by atoms with Gasteiger partial charge in [-0.2, -0.15) is 0 Å². The van der Waals surface area contributed by atoms with Gasteiger partial charge < -0.3 is 25.4 Å². The van der Waals surface area contributed by atoms with Gasteiger partial charge in [-0.3, -0.25) is 4.79 Å². The number of methoxy groups -OCH3 is 1. The van der Waals surface area contributed by atoms with E-state index in [4.69, 9.17) is 10.2 Å². The van der Waals surface area contributed by atoms with E-state index < -0.39 is 29.1 Å². The van der Waals surface area contributed by atoms with E-state index in [1.54, 1.807) is 0 Å². The molecule has 0 aromatic heterocycles. The van der Waals surface area contributed by atoms with Crippen LogP contribution in [0, 0.1) is 0 Å². The second kappa shape index (κ2) is 4.39. The number of phenols is 3. The van der Waals surface area contributed by atoms with E-state index in [-0.39, 0.29) is 5.69 Å². The van der Waals surface area contributed by atoms with E-state index in [1.807, 2.05) is 5.32 Å². The molecule has 1 aromatic carbocycles. The van der Waals surface area contributed by atoms with Gasteiger partial charge in [0.2, 0.25) is 0 Å². The van der Waals surface area contributed by atoms with Crippen molar-refractivity contribution in [2.24, 2.45) is 0 Å². The normalized spacial score (nSPS) is 9.56. The molecule has 1 aromatic rings. The lowest BCUT2D eigenvalue weighted by molar-refractivity contribution is -0.150. The molecule has 16 heavy (non-hydrogen) atoms. The molecule has 7 nitrogen and oxygen atoms in total. The zero-order chi connectivity index (χ0) is 12.3. The van der Waals surface area contributed by atoms with E-state index in [0.717, 1.165) is 19.2 Å². The van der Waals surface area contributed by atoms with Gasteiger partial charge in [0.05, 0.1) is 12.8 Å². The summed E-state index contributed by atoms with van der Waals surface area (Å²) in [6.45, 7) is 0. The van der Waals surface area contributed by atoms with Crippen LogP contribution in [0.2, 0.25) is 0 Å². The maximum Gasteiger partial charge on any atom is 0.396 e. The number of hydrogen-bond acceptors (Lipinski definition) is 6. The molecule has 0 unspecified atom stereocenters. The number of esters is 1. The first-order valence-electron chi connectivity index (χ1n) is 4.10. The Morgan fingerprint density at radius 1 is 1.12 bits per heavy atom. The van der Waals surface area contributed by atoms with Crippen molar-refractivity contribution in [1.29, 1.82) is 0 Å². The molecule has 0 radical (unpaired) electrons. The average molecular weight is 227 g/mol. The van der Waals surface area contributed by atoms with Gasteiger partial charge in [0, 0.05) is 12.1 Å². The van der Waals surface area contributed by atoms with Crippen molar-refractivity contribution in [3.05, 3.63) is 12.1 Å². The number of amides is 1. The summed E-state index contributed by atoms with van der Waals surface area (Å²) in [6, 6.07) is 1.72. The molecular formula is C9H9NO6. The fourth-order valence-corrected chi connectivity index (χ4v) is 0.932. The van der Waals surface area contributed by atoms with Gasteiger partial charge in [0.25, 0.3) is 0 Å². The quantitative estimate of drug-likeness (QED) is 0.231. The second-order valence-corrected chi connectivity index (χ2v) is 2.80. The largest absolute Gasteiger partial charge is 0.506 e. The summed E-state index contributed by atoms with van der Waals surface area (Å²) in [6.07, 6.45) is 0. The molecule has 0 saturated heterocycles. The van der Waals surface area contributed by atoms with E-state index in [0.29, 0.717) is 0 Å². The van der Waals surface area contributed by atoms with Crippen molar-refractivity contribution in [1.82, 2.24) is 0 Å². The zero-order valence-corrected chi connectivity index (χ0v) is 8.22. The summed E-state index contributed by atoms with van der Waals surface area (Å²) < 4.78 is 4.13. The summed E-state index contributed by atoms with van der Waals surface area (Å²) in [5.41, 5.74) is -0.217. The van der Waals surface area contributed by atoms with Crippen molar-refractivity contribution in [2.75, 3.05) is 12.4 Å². The Balaban J connectivity index is 2.94. The summed E-state index contributed by atoms with van der Waals surface area (Å²) in [5, 5.41) is 29.4. The fourth-order valence-electron chi connectivity index (χ4n) is 0.932. The van der Waals surface area contributed by atoms with E-state index in [9.17, 15) is 14.7 Å². The molecule has 0 saturated carbocycles. The Morgan fingerprint density at radius 2 is 1.69 bits per heavy atom. The van der Waals surface area contributed by atoms with Crippen LogP contribution in [0.1, 0.15) is 0 Å². The highest BCUT2D eigenvalue weighted by atomic mass is 16.5. The average Bonchev–Trinajstić information content (AvgIpc) is 2.24. The van der Waals surface area contributed by atoms with Crippen LogP contribution in [-0.2, 0) is 14.3 Å². The molecule has 86 valence electrons. The molecule has 0 atom stereocenters. The van der Waals surface area contributed by atoms with Gasteiger partial charge in [-0.15, -0.1) is 0 Å². The topological polar surface area (TPSA) is 116 Å². The second-order valence-electron chi connectivity index (χ2n) is 2.80. The Hall–Kier alpha value is -2.44. The highest BCUT2D eigenvalue weighted by Gasteiger charge is 2.17. The van der Waals surface area contributed by atoms with Crippen molar-refractivity contribution >= 4 is 17.6 Å². The van der Waals surface area contributed by atoms with Crippen molar-refractivity contribution < 1.29 is 29.6 Å². The van der Waals surface area contributed by atoms with Crippen LogP contribution >= 0.6 is 0 Å². The highest BCUT2D eigenvalue weighted by molar-refractivity contribution is 6.37. The van der Waals surface area contributed by atoms with Gasteiger partial charge in [-0.25, -0.2) is 4.79 Å². The minimum absolute atomic E-state index is 0.217. The summed E-state index contributed by atoms with van der Waals surface area (Å²) in [7, 11) is 1.02. The maximum absolute atomic E-state index is 11.1. The van der Waals surface area contributed by atoms with Crippen LogP contribution in [0.15, 0.2) is 12.1 Å². The third kappa shape index (κ3) is 2.32. The van der Waals surface area contributed by atoms with Gasteiger partial charge in [0.15, 0.2) is 11.5 Å². The van der Waals surface area contributed by atoms with Crippen LogP contribution in [0.5, 0.6) is 17.2 Å². The number of ether oxygens (including phenoxy) is 1. The lowest BCUT2D eigenvalue weighted by atomic mass is 10.2. The lowest BCUT2D eigenvalue weighted by Crippen LogP contribution is -2.23. The molecule has 0 fully saturated rings. The molecule has 1 rings (SSSR count). The van der Waals surface area contributed by atoms with Gasteiger partial charge in [0.1, 0.15) is 5.75 Å². The Morgan fingerprint density at radius 3 is 2.25 bits per heavy atom. The SMILES string of the molecule is COC(=O)C(=O)Nc1cc(O)c(O)cc1O. The molecule has 7 heteroatoms. The smallest absolute Gasteiger partial charge is 0.396 e. The van der Waals surface area contributed by atoms with Gasteiger partial charge in [-0.1, -0.05) is 0 Å². The number of phenolic OH excluding ortho intramolecular Hbond substituents is 3. The van der Waals surface area contributed by atoms with Gasteiger partial charge >= 0.3 is 11.9 Å². The number of aromatic hydroxyl groups is 3. The minimum atomic E-state index is -1.15. The highest BCUT2D eigenvalue weighted by Crippen LogP contribution is 2.35. The zero-order valence-electron chi connectivity index (χ0n) is 8.22. The molecule has 0 aliphatic heterocycles. The molecule has 0 heterocycles. The van der Waals surface area contributed by atoms with Crippen LogP contribution in [0.25, 0.3) is 0 Å². The number of carbonyl (C=O) groups excluding carboxylic acids is 2. The van der Waals surface area contributed by atoms with Crippen LogP contribution < -0.4 is 5.32 Å². The first-order chi connectivity index (χ1) is 7.45. The number of nitrogens with one attached hydrogen (secondary N) is 1. The van der Waals surface area contributed by atoms with Crippen molar-refractivity contribution in [3.8, 4) is 17.2 Å². The predicted octanol–water partition coefficient (Wildman–Crippen LogP) is -0.0851. The molecule has 0 bridgehead atoms. The first-order valence-corrected chi connectivity index (χ1v) is 4.10. The van der Waals surface area contributed by atoms with E-state index in [1.165, 1.54) is 0 Å². The molecule has 0 aliphatic rings. The summed E-state index contributed by atoms with van der Waals surface area (Å²) in [4.78, 5) is 21.8.